The maximum Gasteiger partial charge on any atom is 0.224 e. The number of carbonyl (C=O) groups is 1. The van der Waals surface area contributed by atoms with Gasteiger partial charge in [0, 0.05) is 18.5 Å². The van der Waals surface area contributed by atoms with Crippen LogP contribution >= 0.6 is 0 Å². The van der Waals surface area contributed by atoms with E-state index in [1.54, 1.807) is 48.4 Å². The van der Waals surface area contributed by atoms with E-state index in [0.29, 0.717) is 12.3 Å². The highest BCUT2D eigenvalue weighted by Crippen LogP contribution is 2.42. The summed E-state index contributed by atoms with van der Waals surface area (Å²) in [5, 5.41) is -0.833. The Morgan fingerprint density at radius 1 is 1.08 bits per heavy atom. The van der Waals surface area contributed by atoms with Gasteiger partial charge in [0.15, 0.2) is 9.84 Å². The summed E-state index contributed by atoms with van der Waals surface area (Å²) in [7, 11) is -2.11. The second-order valence-corrected chi connectivity index (χ2v) is 8.54. The van der Waals surface area contributed by atoms with Crippen molar-refractivity contribution in [2.45, 2.75) is 36.0 Å². The molecule has 138 valence electrons. The summed E-state index contributed by atoms with van der Waals surface area (Å²) < 4.78 is 32.0. The number of likely N-dealkylation sites (tertiary alicyclic amines) is 1. The van der Waals surface area contributed by atoms with E-state index < -0.39 is 21.1 Å². The van der Waals surface area contributed by atoms with Gasteiger partial charge in [-0.05, 0) is 24.6 Å². The van der Waals surface area contributed by atoms with Crippen LogP contribution in [0, 0.1) is 0 Å². The molecule has 2 aromatic carbocycles. The Balaban J connectivity index is 2.13. The minimum Gasteiger partial charge on any atom is -0.496 e. The summed E-state index contributed by atoms with van der Waals surface area (Å²) in [6.45, 7) is 2.49. The normalized spacial score (nSPS) is 20.4. The van der Waals surface area contributed by atoms with E-state index in [0.717, 1.165) is 12.0 Å². The monoisotopic (exact) mass is 373 g/mol. The molecule has 5 nitrogen and oxygen atoms in total. The van der Waals surface area contributed by atoms with Crippen molar-refractivity contribution in [3.05, 3.63) is 60.2 Å². The van der Waals surface area contributed by atoms with E-state index in [4.69, 9.17) is 4.74 Å². The molecule has 0 unspecified atom stereocenters. The van der Waals surface area contributed by atoms with Gasteiger partial charge in [0.05, 0.1) is 23.3 Å². The second kappa shape index (κ2) is 7.50. The number of hydrogen-bond acceptors (Lipinski definition) is 4. The predicted octanol–water partition coefficient (Wildman–Crippen LogP) is 3.22. The molecule has 0 bridgehead atoms. The highest BCUT2D eigenvalue weighted by atomic mass is 32.2. The van der Waals surface area contributed by atoms with Crippen LogP contribution in [0.5, 0.6) is 5.75 Å². The number of ether oxygens (including phenoxy) is 1. The third kappa shape index (κ3) is 3.21. The molecule has 6 heteroatoms. The predicted molar refractivity (Wildman–Crippen MR) is 99.8 cm³/mol. The summed E-state index contributed by atoms with van der Waals surface area (Å²) in [6, 6.07) is 15.1. The Morgan fingerprint density at radius 3 is 2.38 bits per heavy atom. The molecule has 0 N–H and O–H groups in total. The van der Waals surface area contributed by atoms with Crippen molar-refractivity contribution in [2.24, 2.45) is 0 Å². The number of amides is 1. The van der Waals surface area contributed by atoms with E-state index in [1.165, 1.54) is 0 Å². The minimum atomic E-state index is -3.66. The highest BCUT2D eigenvalue weighted by molar-refractivity contribution is 7.92. The first-order chi connectivity index (χ1) is 12.5. The molecule has 3 rings (SSSR count). The molecular formula is C20H23NO4S. The highest BCUT2D eigenvalue weighted by Gasteiger charge is 2.48. The van der Waals surface area contributed by atoms with Crippen LogP contribution in [0.4, 0.5) is 0 Å². The molecule has 0 saturated carbocycles. The van der Waals surface area contributed by atoms with Crippen molar-refractivity contribution >= 4 is 15.7 Å². The van der Waals surface area contributed by atoms with Gasteiger partial charge in [0.25, 0.3) is 0 Å². The molecule has 2 aromatic rings. The van der Waals surface area contributed by atoms with Crippen LogP contribution in [0.25, 0.3) is 0 Å². The third-order valence-corrected chi connectivity index (χ3v) is 6.93. The lowest BCUT2D eigenvalue weighted by Crippen LogP contribution is -2.33. The van der Waals surface area contributed by atoms with Gasteiger partial charge in [-0.1, -0.05) is 43.3 Å². The fraction of sp³-hybridized carbons (Fsp3) is 0.350. The first-order valence-corrected chi connectivity index (χ1v) is 10.3. The maximum atomic E-state index is 13.3. The van der Waals surface area contributed by atoms with Gasteiger partial charge in [-0.2, -0.15) is 0 Å². The lowest BCUT2D eigenvalue weighted by atomic mass is 10.0. The molecule has 1 saturated heterocycles. The molecule has 1 aliphatic rings. The molecule has 1 amide bonds. The van der Waals surface area contributed by atoms with Crippen molar-refractivity contribution in [3.63, 3.8) is 0 Å². The fourth-order valence-corrected chi connectivity index (χ4v) is 5.49. The molecule has 2 atom stereocenters. The topological polar surface area (TPSA) is 63.7 Å². The summed E-state index contributed by atoms with van der Waals surface area (Å²) in [4.78, 5) is 14.6. The summed E-state index contributed by atoms with van der Waals surface area (Å²) in [6.07, 6.45) is 0.745. The van der Waals surface area contributed by atoms with Crippen LogP contribution < -0.4 is 4.74 Å². The summed E-state index contributed by atoms with van der Waals surface area (Å²) in [5.74, 6) is 0.467. The number of hydrogen-bond donors (Lipinski definition) is 0. The fourth-order valence-electron chi connectivity index (χ4n) is 3.60. The minimum absolute atomic E-state index is 0.0139. The molecule has 0 aliphatic carbocycles. The van der Waals surface area contributed by atoms with Crippen molar-refractivity contribution < 1.29 is 17.9 Å². The molecule has 1 aliphatic heterocycles. The van der Waals surface area contributed by atoms with E-state index in [1.807, 2.05) is 25.1 Å². The first-order valence-electron chi connectivity index (χ1n) is 8.72. The second-order valence-electron chi connectivity index (χ2n) is 6.37. The van der Waals surface area contributed by atoms with Crippen LogP contribution in [-0.2, 0) is 14.6 Å². The van der Waals surface area contributed by atoms with E-state index in [9.17, 15) is 13.2 Å². The Labute approximate surface area is 154 Å². The number of nitrogens with zero attached hydrogens (tertiary/aromatic N) is 1. The number of benzene rings is 2. The molecule has 1 fully saturated rings. The number of sulfone groups is 1. The van der Waals surface area contributed by atoms with Crippen LogP contribution in [-0.4, -0.2) is 38.1 Å². The lowest BCUT2D eigenvalue weighted by Gasteiger charge is -2.29. The summed E-state index contributed by atoms with van der Waals surface area (Å²) >= 11 is 0. The van der Waals surface area contributed by atoms with Gasteiger partial charge in [-0.15, -0.1) is 0 Å². The molecule has 0 radical (unpaired) electrons. The van der Waals surface area contributed by atoms with E-state index >= 15 is 0 Å². The zero-order valence-electron chi connectivity index (χ0n) is 15.0. The molecule has 0 spiro atoms. The van der Waals surface area contributed by atoms with Crippen LogP contribution in [0.3, 0.4) is 0 Å². The Bertz CT molecular complexity index is 880. The van der Waals surface area contributed by atoms with Crippen molar-refractivity contribution in [1.29, 1.82) is 0 Å². The molecule has 1 heterocycles. The van der Waals surface area contributed by atoms with Gasteiger partial charge >= 0.3 is 0 Å². The average Bonchev–Trinajstić information content (AvgIpc) is 3.00. The first kappa shape index (κ1) is 18.5. The van der Waals surface area contributed by atoms with Gasteiger partial charge in [-0.25, -0.2) is 8.42 Å². The van der Waals surface area contributed by atoms with Crippen LogP contribution in [0.1, 0.15) is 31.4 Å². The van der Waals surface area contributed by atoms with E-state index in [2.05, 4.69) is 0 Å². The van der Waals surface area contributed by atoms with Gasteiger partial charge < -0.3 is 9.64 Å². The van der Waals surface area contributed by atoms with Crippen LogP contribution in [0.15, 0.2) is 59.5 Å². The number of para-hydroxylation sites is 1. The molecule has 26 heavy (non-hydrogen) atoms. The average molecular weight is 373 g/mol. The summed E-state index contributed by atoms with van der Waals surface area (Å²) in [5.41, 5.74) is 0.735. The number of methoxy groups -OCH3 is 1. The third-order valence-electron chi connectivity index (χ3n) is 4.78. The van der Waals surface area contributed by atoms with Gasteiger partial charge in [0.1, 0.15) is 5.75 Å². The Kier molecular flexibility index (Phi) is 5.32. The Morgan fingerprint density at radius 2 is 1.73 bits per heavy atom. The lowest BCUT2D eigenvalue weighted by molar-refractivity contribution is -0.129. The van der Waals surface area contributed by atoms with Crippen molar-refractivity contribution in [1.82, 2.24) is 4.90 Å². The van der Waals surface area contributed by atoms with Gasteiger partial charge in [0.2, 0.25) is 5.91 Å². The zero-order chi connectivity index (χ0) is 18.7. The number of carbonyl (C=O) groups excluding carboxylic acids is 1. The van der Waals surface area contributed by atoms with E-state index in [-0.39, 0.29) is 17.2 Å². The maximum absolute atomic E-state index is 13.3. The van der Waals surface area contributed by atoms with Crippen molar-refractivity contribution in [2.75, 3.05) is 13.7 Å². The molecular weight excluding hydrogens is 350 g/mol. The molecule has 0 aromatic heterocycles. The van der Waals surface area contributed by atoms with Crippen LogP contribution in [0.2, 0.25) is 0 Å². The standard InChI is InChI=1S/C20H23NO4S/c1-3-13-21-19(22)14-18(26(23,24)15-9-5-4-6-10-15)20(21)16-11-7-8-12-17(16)25-2/h4-12,18,20H,3,13-14H2,1-2H3/t18-,20+/m0/s1. The zero-order valence-corrected chi connectivity index (χ0v) is 15.8. The SMILES string of the molecule is CCCN1C(=O)C[C@H](S(=O)(=O)c2ccccc2)[C@H]1c1ccccc1OC. The van der Waals surface area contributed by atoms with Gasteiger partial charge in [-0.3, -0.25) is 4.79 Å². The van der Waals surface area contributed by atoms with Crippen molar-refractivity contribution in [3.8, 4) is 5.75 Å². The quantitative estimate of drug-likeness (QED) is 0.780. The largest absolute Gasteiger partial charge is 0.496 e. The number of rotatable bonds is 6. The smallest absolute Gasteiger partial charge is 0.224 e. The Hall–Kier alpha value is -2.34.